The number of hydrogen-bond acceptors (Lipinski definition) is 2. The van der Waals surface area contributed by atoms with Crippen LogP contribution < -0.4 is 0 Å². The molecule has 1 atom stereocenters. The first-order valence-electron chi connectivity index (χ1n) is 1.83. The van der Waals surface area contributed by atoms with E-state index in [1.807, 2.05) is 0 Å². The Bertz CT molecular complexity index is 127. The molecule has 0 aliphatic rings. The van der Waals surface area contributed by atoms with Crippen LogP contribution in [0.3, 0.4) is 0 Å². The van der Waals surface area contributed by atoms with Gasteiger partial charge in [-0.1, -0.05) is 0 Å². The molecule has 56 valence electrons. The second kappa shape index (κ2) is 4.32. The van der Waals surface area contributed by atoms with E-state index < -0.39 is 11.3 Å². The summed E-state index contributed by atoms with van der Waals surface area (Å²) in [4.78, 5) is -2.92. The molecule has 0 saturated heterocycles. The molecular formula is C2H3Cl3FOPS. The van der Waals surface area contributed by atoms with E-state index in [1.54, 1.807) is 0 Å². The molecule has 0 spiro atoms. The molecule has 0 heterocycles. The molecule has 0 rings (SSSR count). The Morgan fingerprint density at radius 1 is 1.67 bits per heavy atom. The average molecular weight is 231 g/mol. The van der Waals surface area contributed by atoms with Crippen molar-refractivity contribution < 1.29 is 8.91 Å². The van der Waals surface area contributed by atoms with Gasteiger partial charge in [-0.3, -0.25) is 4.52 Å². The summed E-state index contributed by atoms with van der Waals surface area (Å²) in [5, 5.41) is 0. The number of rotatable bonds is 3. The van der Waals surface area contributed by atoms with Gasteiger partial charge in [-0.2, -0.15) is 0 Å². The lowest BCUT2D eigenvalue weighted by atomic mass is 10.8. The second-order valence-corrected chi connectivity index (χ2v) is 8.55. The highest BCUT2D eigenvalue weighted by molar-refractivity contribution is 8.36. The van der Waals surface area contributed by atoms with Crippen molar-refractivity contribution >= 4 is 50.9 Å². The molecule has 0 aliphatic carbocycles. The third-order valence-corrected chi connectivity index (χ3v) is 1.81. The Kier molecular flexibility index (Phi) is 5.00. The minimum Gasteiger partial charge on any atom is -0.290 e. The summed E-state index contributed by atoms with van der Waals surface area (Å²) in [5.41, 5.74) is 0. The third-order valence-electron chi connectivity index (χ3n) is 0.358. The summed E-state index contributed by atoms with van der Waals surface area (Å²) < 4.78 is 16.3. The topological polar surface area (TPSA) is 9.23 Å². The first kappa shape index (κ1) is 10.4. The van der Waals surface area contributed by atoms with Gasteiger partial charge in [-0.05, 0) is 34.3 Å². The Morgan fingerprint density at radius 3 is 2.22 bits per heavy atom. The van der Waals surface area contributed by atoms with Gasteiger partial charge in [0.15, 0.2) is 0 Å². The summed E-state index contributed by atoms with van der Waals surface area (Å²) in [6.07, 6.45) is -1.66. The minimum atomic E-state index is -2.92. The fraction of sp³-hybridized carbons (Fsp3) is 1.00. The maximum Gasteiger partial charge on any atom is 0.243 e. The lowest BCUT2D eigenvalue weighted by Gasteiger charge is -2.07. The first-order valence-corrected chi connectivity index (χ1v) is 6.90. The molecule has 1 nitrogen and oxygen atoms in total. The van der Waals surface area contributed by atoms with Gasteiger partial charge in [-0.25, -0.2) is 4.39 Å². The zero-order valence-corrected chi connectivity index (χ0v) is 8.04. The van der Waals surface area contributed by atoms with Crippen LogP contribution in [0.25, 0.3) is 0 Å². The maximum atomic E-state index is 12.1. The molecule has 0 radical (unpaired) electrons. The van der Waals surface area contributed by atoms with Gasteiger partial charge in [0.25, 0.3) is 0 Å². The summed E-state index contributed by atoms with van der Waals surface area (Å²) in [7, 11) is 0. The van der Waals surface area contributed by atoms with Crippen LogP contribution in [0.15, 0.2) is 0 Å². The van der Waals surface area contributed by atoms with Crippen LogP contribution in [-0.4, -0.2) is 12.2 Å². The molecule has 0 N–H and O–H groups in total. The van der Waals surface area contributed by atoms with Crippen molar-refractivity contribution in [2.24, 2.45) is 0 Å². The lowest BCUT2D eigenvalue weighted by molar-refractivity contribution is 0.109. The van der Waals surface area contributed by atoms with Crippen molar-refractivity contribution in [3.8, 4) is 0 Å². The van der Waals surface area contributed by atoms with Crippen LogP contribution in [0, 0.1) is 0 Å². The van der Waals surface area contributed by atoms with E-state index in [0.29, 0.717) is 0 Å². The monoisotopic (exact) mass is 230 g/mol. The molecular weight excluding hydrogens is 228 g/mol. The van der Waals surface area contributed by atoms with Gasteiger partial charge >= 0.3 is 0 Å². The maximum absolute atomic E-state index is 12.1. The average Bonchev–Trinajstić information content (AvgIpc) is 1.62. The van der Waals surface area contributed by atoms with Gasteiger partial charge in [0.05, 0.1) is 5.88 Å². The van der Waals surface area contributed by atoms with E-state index >= 15 is 0 Å². The quantitative estimate of drug-likeness (QED) is 0.545. The third kappa shape index (κ3) is 7.31. The van der Waals surface area contributed by atoms with Gasteiger partial charge in [-0.15, -0.1) is 11.6 Å². The van der Waals surface area contributed by atoms with Gasteiger partial charge in [0, 0.05) is 0 Å². The van der Waals surface area contributed by atoms with Gasteiger partial charge < -0.3 is 0 Å². The molecule has 0 amide bonds. The summed E-state index contributed by atoms with van der Waals surface area (Å²) in [5.74, 6) is -0.308. The molecule has 7 heteroatoms. The smallest absolute Gasteiger partial charge is 0.243 e. The molecule has 9 heavy (non-hydrogen) atoms. The molecule has 0 aromatic rings. The fourth-order valence-corrected chi connectivity index (χ4v) is 1.45. The highest BCUT2D eigenvalue weighted by atomic mass is 35.9. The van der Waals surface area contributed by atoms with Crippen molar-refractivity contribution in [1.82, 2.24) is 0 Å². The summed E-state index contributed by atoms with van der Waals surface area (Å²) >= 11 is 19.7. The highest BCUT2D eigenvalue weighted by Crippen LogP contribution is 2.59. The van der Waals surface area contributed by atoms with Crippen molar-refractivity contribution in [1.29, 1.82) is 0 Å². The molecule has 0 aliphatic heterocycles. The number of halogens is 4. The van der Waals surface area contributed by atoms with Crippen molar-refractivity contribution in [3.63, 3.8) is 0 Å². The fourth-order valence-electron chi connectivity index (χ4n) is 0.161. The van der Waals surface area contributed by atoms with E-state index in [1.165, 1.54) is 0 Å². The lowest BCUT2D eigenvalue weighted by Crippen LogP contribution is -2.01. The molecule has 0 aromatic carbocycles. The highest BCUT2D eigenvalue weighted by Gasteiger charge is 2.15. The van der Waals surface area contributed by atoms with Crippen LogP contribution in [-0.2, 0) is 16.3 Å². The minimum absolute atomic E-state index is 0.308. The van der Waals surface area contributed by atoms with Crippen molar-refractivity contribution in [3.05, 3.63) is 0 Å². The van der Waals surface area contributed by atoms with Crippen LogP contribution in [0.1, 0.15) is 0 Å². The zero-order valence-electron chi connectivity index (χ0n) is 4.06. The van der Waals surface area contributed by atoms with E-state index in [2.05, 4.69) is 16.3 Å². The number of alkyl halides is 2. The molecule has 0 aromatic heterocycles. The van der Waals surface area contributed by atoms with Crippen LogP contribution >= 0.6 is 39.1 Å². The van der Waals surface area contributed by atoms with E-state index in [-0.39, 0.29) is 5.88 Å². The van der Waals surface area contributed by atoms with Crippen LogP contribution in [0.5, 0.6) is 0 Å². The summed E-state index contributed by atoms with van der Waals surface area (Å²) in [6, 6.07) is 0. The van der Waals surface area contributed by atoms with Gasteiger partial charge in [0.1, 0.15) is 0 Å². The Hall–Kier alpha value is 1.41. The predicted molar refractivity (Wildman–Crippen MR) is 42.7 cm³/mol. The van der Waals surface area contributed by atoms with E-state index in [9.17, 15) is 4.39 Å². The Balaban J connectivity index is 3.60. The predicted octanol–water partition coefficient (Wildman–Crippen LogP) is 3.24. The largest absolute Gasteiger partial charge is 0.290 e. The zero-order chi connectivity index (χ0) is 7.49. The van der Waals surface area contributed by atoms with Crippen LogP contribution in [0.4, 0.5) is 4.39 Å². The van der Waals surface area contributed by atoms with Crippen molar-refractivity contribution in [2.45, 2.75) is 6.36 Å². The molecule has 0 bridgehead atoms. The van der Waals surface area contributed by atoms with E-state index in [0.717, 1.165) is 0 Å². The Labute approximate surface area is 72.1 Å². The molecule has 1 unspecified atom stereocenters. The van der Waals surface area contributed by atoms with Crippen molar-refractivity contribution in [2.75, 3.05) is 5.88 Å². The summed E-state index contributed by atoms with van der Waals surface area (Å²) in [6.45, 7) is 0. The van der Waals surface area contributed by atoms with Gasteiger partial charge in [0.2, 0.25) is 11.3 Å². The standard InChI is InChI=1S/C2H3Cl3FOPS/c3-1-2(6)7-8(4,5)9/h2H,1H2. The SMILES string of the molecule is FC(CCl)OP(=S)(Cl)Cl. The molecule has 0 fully saturated rings. The normalized spacial score (nSPS) is 15.6. The van der Waals surface area contributed by atoms with Crippen LogP contribution in [0.2, 0.25) is 0 Å². The number of hydrogen-bond donors (Lipinski definition) is 0. The van der Waals surface area contributed by atoms with E-state index in [4.69, 9.17) is 34.1 Å². The molecule has 0 saturated carbocycles. The Morgan fingerprint density at radius 2 is 2.11 bits per heavy atom. The second-order valence-electron chi connectivity index (χ2n) is 1.08. The first-order chi connectivity index (χ1) is 3.95.